The van der Waals surface area contributed by atoms with Crippen LogP contribution in [0.1, 0.15) is 18.1 Å². The van der Waals surface area contributed by atoms with E-state index in [-0.39, 0.29) is 0 Å². The van der Waals surface area contributed by atoms with Crippen LogP contribution in [0.2, 0.25) is 0 Å². The van der Waals surface area contributed by atoms with Crippen molar-refractivity contribution >= 4 is 11.8 Å². The molecular formula is C11H14N2. The van der Waals surface area contributed by atoms with E-state index in [1.54, 1.807) is 13.3 Å². The standard InChI is InChI=1S/C11H14N2/c1-9(2)11-7-5-4-6-10(11)8-13-12-3/h4-8,12H,1H2,2-3H3/b13-8+. The van der Waals surface area contributed by atoms with Gasteiger partial charge in [0.15, 0.2) is 0 Å². The van der Waals surface area contributed by atoms with E-state index in [1.165, 1.54) is 0 Å². The van der Waals surface area contributed by atoms with Crippen LogP contribution in [-0.4, -0.2) is 13.3 Å². The number of rotatable bonds is 3. The molecule has 1 N–H and O–H groups in total. The lowest BCUT2D eigenvalue weighted by Gasteiger charge is -2.03. The topological polar surface area (TPSA) is 24.4 Å². The monoisotopic (exact) mass is 174 g/mol. The molecule has 0 aliphatic heterocycles. The summed E-state index contributed by atoms with van der Waals surface area (Å²) in [7, 11) is 1.78. The van der Waals surface area contributed by atoms with Gasteiger partial charge in [-0.1, -0.05) is 36.4 Å². The first-order chi connectivity index (χ1) is 6.25. The van der Waals surface area contributed by atoms with E-state index in [1.807, 2.05) is 31.2 Å². The van der Waals surface area contributed by atoms with Crippen LogP contribution in [0.4, 0.5) is 0 Å². The zero-order chi connectivity index (χ0) is 9.68. The van der Waals surface area contributed by atoms with Gasteiger partial charge in [0.05, 0.1) is 6.21 Å². The van der Waals surface area contributed by atoms with E-state index in [0.29, 0.717) is 0 Å². The van der Waals surface area contributed by atoms with Gasteiger partial charge in [0.2, 0.25) is 0 Å². The lowest BCUT2D eigenvalue weighted by atomic mass is 10.0. The Morgan fingerprint density at radius 2 is 2.15 bits per heavy atom. The molecule has 0 bridgehead atoms. The van der Waals surface area contributed by atoms with Gasteiger partial charge in [-0.3, -0.25) is 0 Å². The molecule has 1 rings (SSSR count). The number of hydrogen-bond donors (Lipinski definition) is 1. The van der Waals surface area contributed by atoms with Crippen LogP contribution in [0, 0.1) is 0 Å². The van der Waals surface area contributed by atoms with Crippen molar-refractivity contribution in [2.45, 2.75) is 6.92 Å². The molecule has 0 amide bonds. The highest BCUT2D eigenvalue weighted by molar-refractivity contribution is 5.87. The molecule has 0 saturated heterocycles. The molecule has 68 valence electrons. The Morgan fingerprint density at radius 3 is 2.77 bits per heavy atom. The summed E-state index contributed by atoms with van der Waals surface area (Å²) in [6.07, 6.45) is 1.80. The van der Waals surface area contributed by atoms with Gasteiger partial charge >= 0.3 is 0 Å². The minimum atomic E-state index is 1.05. The van der Waals surface area contributed by atoms with Gasteiger partial charge in [-0.2, -0.15) is 5.10 Å². The van der Waals surface area contributed by atoms with E-state index in [4.69, 9.17) is 0 Å². The van der Waals surface area contributed by atoms with Crippen molar-refractivity contribution in [3.05, 3.63) is 42.0 Å². The van der Waals surface area contributed by atoms with Crippen molar-refractivity contribution in [3.63, 3.8) is 0 Å². The van der Waals surface area contributed by atoms with Crippen LogP contribution >= 0.6 is 0 Å². The number of nitrogens with zero attached hydrogens (tertiary/aromatic N) is 1. The predicted octanol–water partition coefficient (Wildman–Crippen LogP) is 2.27. The molecule has 0 aliphatic carbocycles. The maximum Gasteiger partial charge on any atom is 0.0546 e. The second kappa shape index (κ2) is 4.45. The quantitative estimate of drug-likeness (QED) is 0.551. The molecule has 0 radical (unpaired) electrons. The second-order valence-corrected chi connectivity index (χ2v) is 2.85. The van der Waals surface area contributed by atoms with Crippen LogP contribution < -0.4 is 5.43 Å². The molecule has 0 heterocycles. The number of benzene rings is 1. The van der Waals surface area contributed by atoms with E-state index < -0.39 is 0 Å². The molecule has 1 aromatic rings. The highest BCUT2D eigenvalue weighted by atomic mass is 15.3. The third kappa shape index (κ3) is 2.44. The zero-order valence-corrected chi connectivity index (χ0v) is 8.04. The molecule has 0 saturated carbocycles. The molecule has 1 aromatic carbocycles. The van der Waals surface area contributed by atoms with Crippen molar-refractivity contribution in [2.24, 2.45) is 5.10 Å². The average molecular weight is 174 g/mol. The molecule has 13 heavy (non-hydrogen) atoms. The molecule has 0 fully saturated rings. The first-order valence-corrected chi connectivity index (χ1v) is 4.20. The molecule has 0 unspecified atom stereocenters. The minimum absolute atomic E-state index is 1.05. The summed E-state index contributed by atoms with van der Waals surface area (Å²) in [4.78, 5) is 0. The van der Waals surface area contributed by atoms with Gasteiger partial charge in [-0.05, 0) is 12.5 Å². The second-order valence-electron chi connectivity index (χ2n) is 2.85. The zero-order valence-electron chi connectivity index (χ0n) is 8.04. The van der Waals surface area contributed by atoms with Crippen molar-refractivity contribution in [2.75, 3.05) is 7.05 Å². The lowest BCUT2D eigenvalue weighted by molar-refractivity contribution is 0.908. The third-order valence-corrected chi connectivity index (χ3v) is 1.75. The number of allylic oxidation sites excluding steroid dienone is 1. The first kappa shape index (κ1) is 9.52. The minimum Gasteiger partial charge on any atom is -0.313 e. The van der Waals surface area contributed by atoms with Gasteiger partial charge in [-0.25, -0.2) is 0 Å². The van der Waals surface area contributed by atoms with Crippen molar-refractivity contribution in [1.82, 2.24) is 5.43 Å². The normalized spacial score (nSPS) is 10.3. The fraction of sp³-hybridized carbons (Fsp3) is 0.182. The van der Waals surface area contributed by atoms with E-state index in [2.05, 4.69) is 17.1 Å². The average Bonchev–Trinajstić information content (AvgIpc) is 2.15. The summed E-state index contributed by atoms with van der Waals surface area (Å²) >= 11 is 0. The van der Waals surface area contributed by atoms with Gasteiger partial charge in [-0.15, -0.1) is 0 Å². The molecular weight excluding hydrogens is 160 g/mol. The van der Waals surface area contributed by atoms with Crippen LogP contribution in [0.3, 0.4) is 0 Å². The van der Waals surface area contributed by atoms with Gasteiger partial charge in [0.25, 0.3) is 0 Å². The molecule has 2 heteroatoms. The SMILES string of the molecule is C=C(C)c1ccccc1/C=N/NC. The van der Waals surface area contributed by atoms with Crippen LogP contribution in [-0.2, 0) is 0 Å². The Balaban J connectivity index is 3.05. The Labute approximate surface area is 79.0 Å². The third-order valence-electron chi connectivity index (χ3n) is 1.75. The van der Waals surface area contributed by atoms with E-state index >= 15 is 0 Å². The molecule has 0 aromatic heterocycles. The number of hydrogen-bond acceptors (Lipinski definition) is 2. The fourth-order valence-electron chi connectivity index (χ4n) is 1.13. The summed E-state index contributed by atoms with van der Waals surface area (Å²) in [5.41, 5.74) is 6.00. The lowest BCUT2D eigenvalue weighted by Crippen LogP contribution is -1.96. The van der Waals surface area contributed by atoms with E-state index in [0.717, 1.165) is 16.7 Å². The van der Waals surface area contributed by atoms with Crippen molar-refractivity contribution in [3.8, 4) is 0 Å². The van der Waals surface area contributed by atoms with Crippen LogP contribution in [0.15, 0.2) is 35.9 Å². The maximum atomic E-state index is 3.97. The predicted molar refractivity (Wildman–Crippen MR) is 57.8 cm³/mol. The highest BCUT2D eigenvalue weighted by Gasteiger charge is 1.98. The highest BCUT2D eigenvalue weighted by Crippen LogP contribution is 2.14. The Hall–Kier alpha value is -1.57. The maximum absolute atomic E-state index is 3.97. The summed E-state index contributed by atoms with van der Waals surface area (Å²) < 4.78 is 0. The molecule has 0 aliphatic rings. The van der Waals surface area contributed by atoms with Gasteiger partial charge in [0, 0.05) is 12.6 Å². The summed E-state index contributed by atoms with van der Waals surface area (Å²) in [5.74, 6) is 0. The molecule has 2 nitrogen and oxygen atoms in total. The smallest absolute Gasteiger partial charge is 0.0546 e. The Kier molecular flexibility index (Phi) is 3.26. The fourth-order valence-corrected chi connectivity index (χ4v) is 1.13. The number of nitrogens with one attached hydrogen (secondary N) is 1. The summed E-state index contributed by atoms with van der Waals surface area (Å²) in [6, 6.07) is 8.05. The summed E-state index contributed by atoms with van der Waals surface area (Å²) in [6.45, 7) is 5.90. The van der Waals surface area contributed by atoms with Crippen molar-refractivity contribution < 1.29 is 0 Å². The first-order valence-electron chi connectivity index (χ1n) is 4.20. The van der Waals surface area contributed by atoms with E-state index in [9.17, 15) is 0 Å². The van der Waals surface area contributed by atoms with Crippen LogP contribution in [0.5, 0.6) is 0 Å². The number of hydrazone groups is 1. The Morgan fingerprint density at radius 1 is 1.46 bits per heavy atom. The molecule has 0 atom stereocenters. The van der Waals surface area contributed by atoms with Gasteiger partial charge in [0.1, 0.15) is 0 Å². The van der Waals surface area contributed by atoms with Crippen molar-refractivity contribution in [1.29, 1.82) is 0 Å². The molecule has 0 spiro atoms. The summed E-state index contributed by atoms with van der Waals surface area (Å²) in [5, 5.41) is 3.97. The van der Waals surface area contributed by atoms with Gasteiger partial charge < -0.3 is 5.43 Å². The van der Waals surface area contributed by atoms with Crippen LogP contribution in [0.25, 0.3) is 5.57 Å². The largest absolute Gasteiger partial charge is 0.313 e. The Bertz CT molecular complexity index is 327.